The highest BCUT2D eigenvalue weighted by molar-refractivity contribution is 5.69. The molecule has 0 bridgehead atoms. The minimum Gasteiger partial charge on any atom is -0.492 e. The highest BCUT2D eigenvalue weighted by Gasteiger charge is 2.49. The van der Waals surface area contributed by atoms with Crippen LogP contribution in [0.1, 0.15) is 31.4 Å². The first-order valence-corrected chi connectivity index (χ1v) is 8.48. The maximum Gasteiger partial charge on any atom is 0.162 e. The van der Waals surface area contributed by atoms with Gasteiger partial charge in [-0.2, -0.15) is 0 Å². The van der Waals surface area contributed by atoms with Gasteiger partial charge in [0.15, 0.2) is 11.6 Å². The fourth-order valence-electron chi connectivity index (χ4n) is 3.92. The van der Waals surface area contributed by atoms with Gasteiger partial charge in [-0.3, -0.25) is 0 Å². The lowest BCUT2D eigenvalue weighted by molar-refractivity contribution is 0.298. The molecule has 0 N–H and O–H groups in total. The van der Waals surface area contributed by atoms with Crippen LogP contribution in [0.2, 0.25) is 0 Å². The van der Waals surface area contributed by atoms with E-state index in [4.69, 9.17) is 4.74 Å². The highest BCUT2D eigenvalue weighted by atomic mass is 19.2. The van der Waals surface area contributed by atoms with Crippen molar-refractivity contribution in [3.63, 3.8) is 0 Å². The van der Waals surface area contributed by atoms with Crippen molar-refractivity contribution in [3.05, 3.63) is 59.2 Å². The third-order valence-electron chi connectivity index (χ3n) is 5.21. The van der Waals surface area contributed by atoms with Gasteiger partial charge in [0.1, 0.15) is 12.4 Å². The Morgan fingerprint density at radius 1 is 1.12 bits per heavy atom. The molecule has 1 atom stereocenters. The molecular formula is C20H21F2NO. The number of hydrogen-bond donors (Lipinski definition) is 0. The number of ether oxygens (including phenoxy) is 1. The first kappa shape index (κ1) is 15.4. The first-order chi connectivity index (χ1) is 11.5. The van der Waals surface area contributed by atoms with Gasteiger partial charge in [0.2, 0.25) is 0 Å². The van der Waals surface area contributed by atoms with Crippen molar-refractivity contribution in [2.24, 2.45) is 5.92 Å². The largest absolute Gasteiger partial charge is 0.492 e. The van der Waals surface area contributed by atoms with Crippen LogP contribution < -0.4 is 9.64 Å². The smallest absolute Gasteiger partial charge is 0.162 e. The molecule has 1 spiro atoms. The fraction of sp³-hybridized carbons (Fsp3) is 0.400. The number of hydrogen-bond acceptors (Lipinski definition) is 2. The minimum absolute atomic E-state index is 0.405. The van der Waals surface area contributed by atoms with Crippen molar-refractivity contribution in [2.75, 3.05) is 24.6 Å². The molecule has 0 saturated carbocycles. The van der Waals surface area contributed by atoms with E-state index in [-0.39, 0.29) is 0 Å². The summed E-state index contributed by atoms with van der Waals surface area (Å²) in [6.07, 6.45) is 1.09. The summed E-state index contributed by atoms with van der Waals surface area (Å²) in [6.45, 7) is 6.56. The molecule has 0 aliphatic carbocycles. The molecule has 2 aliphatic heterocycles. The Labute approximate surface area is 141 Å². The average Bonchev–Trinajstić information content (AvgIpc) is 3.07. The van der Waals surface area contributed by atoms with Crippen LogP contribution in [0.5, 0.6) is 5.75 Å². The van der Waals surface area contributed by atoms with E-state index in [1.54, 1.807) is 0 Å². The predicted octanol–water partition coefficient (Wildman–Crippen LogP) is 4.51. The molecule has 24 heavy (non-hydrogen) atoms. The van der Waals surface area contributed by atoms with E-state index in [9.17, 15) is 8.78 Å². The molecule has 0 fully saturated rings. The van der Waals surface area contributed by atoms with Crippen molar-refractivity contribution in [1.82, 2.24) is 0 Å². The van der Waals surface area contributed by atoms with E-state index >= 15 is 0 Å². The summed E-state index contributed by atoms with van der Waals surface area (Å²) >= 11 is 0. The van der Waals surface area contributed by atoms with Gasteiger partial charge in [0, 0.05) is 30.4 Å². The zero-order valence-corrected chi connectivity index (χ0v) is 14.0. The molecule has 0 aromatic heterocycles. The molecule has 0 amide bonds. The van der Waals surface area contributed by atoms with Crippen LogP contribution in [0.15, 0.2) is 36.4 Å². The molecule has 4 rings (SSSR count). The second kappa shape index (κ2) is 5.47. The van der Waals surface area contributed by atoms with Crippen LogP contribution >= 0.6 is 0 Å². The third kappa shape index (κ3) is 2.20. The third-order valence-corrected chi connectivity index (χ3v) is 5.21. The summed E-state index contributed by atoms with van der Waals surface area (Å²) in [5.74, 6) is -0.577. The summed E-state index contributed by atoms with van der Waals surface area (Å²) in [4.78, 5) is 2.36. The van der Waals surface area contributed by atoms with E-state index in [1.165, 1.54) is 17.8 Å². The Hall–Kier alpha value is -2.10. The molecule has 1 unspecified atom stereocenters. The second-order valence-corrected chi connectivity index (χ2v) is 7.25. The minimum atomic E-state index is -0.853. The van der Waals surface area contributed by atoms with Crippen molar-refractivity contribution < 1.29 is 13.5 Å². The van der Waals surface area contributed by atoms with Gasteiger partial charge >= 0.3 is 0 Å². The van der Waals surface area contributed by atoms with Crippen molar-refractivity contribution in [2.45, 2.75) is 25.7 Å². The molecular weight excluding hydrogens is 308 g/mol. The van der Waals surface area contributed by atoms with Gasteiger partial charge in [-0.05, 0) is 30.0 Å². The van der Waals surface area contributed by atoms with Crippen molar-refractivity contribution in [1.29, 1.82) is 0 Å². The molecule has 4 heteroatoms. The number of anilines is 1. The van der Waals surface area contributed by atoms with Gasteiger partial charge in [-0.25, -0.2) is 8.78 Å². The second-order valence-electron chi connectivity index (χ2n) is 7.25. The Morgan fingerprint density at radius 2 is 1.88 bits per heavy atom. The van der Waals surface area contributed by atoms with Crippen molar-refractivity contribution >= 4 is 5.69 Å². The summed E-state index contributed by atoms with van der Waals surface area (Å²) in [5.41, 5.74) is 2.69. The maximum absolute atomic E-state index is 13.9. The van der Waals surface area contributed by atoms with Gasteiger partial charge in [-0.1, -0.05) is 32.0 Å². The van der Waals surface area contributed by atoms with Crippen LogP contribution in [0.25, 0.3) is 0 Å². The summed E-state index contributed by atoms with van der Waals surface area (Å²) in [6, 6.07) is 10.7. The number of nitrogens with zero attached hydrogens (tertiary/aromatic N) is 1. The van der Waals surface area contributed by atoms with Gasteiger partial charge in [0.25, 0.3) is 0 Å². The normalized spacial score (nSPS) is 21.3. The monoisotopic (exact) mass is 329 g/mol. The lowest BCUT2D eigenvalue weighted by Crippen LogP contribution is -2.36. The number of fused-ring (bicyclic) bond motifs is 4. The average molecular weight is 329 g/mol. The van der Waals surface area contributed by atoms with Crippen LogP contribution in [0.3, 0.4) is 0 Å². The summed E-state index contributed by atoms with van der Waals surface area (Å²) < 4.78 is 33.2. The first-order valence-electron chi connectivity index (χ1n) is 8.48. The van der Waals surface area contributed by atoms with Crippen LogP contribution in [0, 0.1) is 17.6 Å². The van der Waals surface area contributed by atoms with Gasteiger partial charge in [0.05, 0.1) is 5.41 Å². The molecule has 2 heterocycles. The lowest BCUT2D eigenvalue weighted by atomic mass is 9.78. The topological polar surface area (TPSA) is 12.5 Å². The highest BCUT2D eigenvalue weighted by Crippen LogP contribution is 2.51. The van der Waals surface area contributed by atoms with Crippen molar-refractivity contribution in [3.8, 4) is 5.75 Å². The molecule has 2 aromatic rings. The lowest BCUT2D eigenvalue weighted by Gasteiger charge is -2.25. The predicted molar refractivity (Wildman–Crippen MR) is 90.7 cm³/mol. The SMILES string of the molecule is CC(C)CCN1CC2(COc3cc(F)c(F)cc32)c2ccccc21. The fourth-order valence-corrected chi connectivity index (χ4v) is 3.92. The number of para-hydroxylation sites is 1. The van der Waals surface area contributed by atoms with E-state index in [2.05, 4.69) is 30.9 Å². The molecule has 2 aliphatic rings. The molecule has 2 aromatic carbocycles. The summed E-state index contributed by atoms with van der Waals surface area (Å²) in [7, 11) is 0. The Morgan fingerprint density at radius 3 is 2.67 bits per heavy atom. The standard InChI is InChI=1S/C20H21F2NO/c1-13(2)7-8-23-11-20(14-5-3-4-6-18(14)23)12-24-19-10-17(22)16(21)9-15(19)20/h3-6,9-10,13H,7-8,11-12H2,1-2H3. The molecule has 2 nitrogen and oxygen atoms in total. The number of benzene rings is 2. The quantitative estimate of drug-likeness (QED) is 0.821. The Bertz CT molecular complexity index is 789. The Kier molecular flexibility index (Phi) is 3.52. The van der Waals surface area contributed by atoms with Crippen LogP contribution in [-0.4, -0.2) is 19.7 Å². The van der Waals surface area contributed by atoms with Crippen LogP contribution in [-0.2, 0) is 5.41 Å². The van der Waals surface area contributed by atoms with Gasteiger partial charge < -0.3 is 9.64 Å². The van der Waals surface area contributed by atoms with E-state index in [0.717, 1.165) is 30.6 Å². The van der Waals surface area contributed by atoms with E-state index in [1.807, 2.05) is 12.1 Å². The zero-order valence-electron chi connectivity index (χ0n) is 14.0. The van der Waals surface area contributed by atoms with Crippen LogP contribution in [0.4, 0.5) is 14.5 Å². The molecule has 126 valence electrons. The van der Waals surface area contributed by atoms with E-state index < -0.39 is 17.0 Å². The van der Waals surface area contributed by atoms with Gasteiger partial charge in [-0.15, -0.1) is 0 Å². The Balaban J connectivity index is 1.80. The number of halogens is 2. The molecule has 0 radical (unpaired) electrons. The number of rotatable bonds is 3. The maximum atomic E-state index is 13.9. The zero-order chi connectivity index (χ0) is 16.9. The molecule has 0 saturated heterocycles. The van der Waals surface area contributed by atoms with E-state index in [0.29, 0.717) is 18.3 Å². The summed E-state index contributed by atoms with van der Waals surface area (Å²) in [5, 5.41) is 0.